The Morgan fingerprint density at radius 2 is 1.90 bits per heavy atom. The number of aliphatic hydroxyl groups excluding tert-OH is 1. The zero-order valence-corrected chi connectivity index (χ0v) is 11.6. The summed E-state index contributed by atoms with van der Waals surface area (Å²) in [6, 6.07) is 0. The van der Waals surface area contributed by atoms with E-state index in [1.54, 1.807) is 6.08 Å². The molecule has 3 heteroatoms. The molecule has 0 saturated heterocycles. The van der Waals surface area contributed by atoms with Gasteiger partial charge < -0.3 is 27.7 Å². The first-order chi connectivity index (χ1) is 4.41. The maximum Gasteiger partial charge on any atom is 0.0612 e. The number of rotatable bonds is 3. The van der Waals surface area contributed by atoms with E-state index in [4.69, 9.17) is 5.11 Å². The molecule has 0 heterocycles. The SMILES string of the molecule is CCC/C=C/CO.[CH2-]I.[Zn]. The zero-order valence-electron chi connectivity index (χ0n) is 6.52. The van der Waals surface area contributed by atoms with Gasteiger partial charge in [-0.05, 0) is 6.42 Å². The maximum atomic E-state index is 8.21. The summed E-state index contributed by atoms with van der Waals surface area (Å²) in [6.07, 6.45) is 6.00. The Hall–Kier alpha value is 1.05. The van der Waals surface area contributed by atoms with Gasteiger partial charge in [-0.1, -0.05) is 25.5 Å². The Balaban J connectivity index is -0.000000149. The molecule has 10 heavy (non-hydrogen) atoms. The van der Waals surface area contributed by atoms with E-state index < -0.39 is 0 Å². The van der Waals surface area contributed by atoms with Gasteiger partial charge in [0, 0.05) is 19.5 Å². The van der Waals surface area contributed by atoms with Crippen molar-refractivity contribution in [1.29, 1.82) is 0 Å². The number of halogens is 1. The van der Waals surface area contributed by atoms with Crippen molar-refractivity contribution in [3.63, 3.8) is 0 Å². The van der Waals surface area contributed by atoms with Gasteiger partial charge in [0.2, 0.25) is 0 Å². The first kappa shape index (κ1) is 17.2. The third-order valence-corrected chi connectivity index (χ3v) is 0.727. The number of hydrogen-bond donors (Lipinski definition) is 1. The van der Waals surface area contributed by atoms with Crippen LogP contribution in [0.2, 0.25) is 0 Å². The minimum Gasteiger partial charge on any atom is -0.392 e. The summed E-state index contributed by atoms with van der Waals surface area (Å²) in [5, 5.41) is 8.21. The number of hydrogen-bond acceptors (Lipinski definition) is 1. The molecule has 0 aromatic heterocycles. The third kappa shape index (κ3) is 23.0. The first-order valence-electron chi connectivity index (χ1n) is 2.94. The average Bonchev–Trinajstić information content (AvgIpc) is 1.94. The molecule has 0 aliphatic rings. The molecule has 0 spiro atoms. The molecule has 0 atom stereocenters. The van der Waals surface area contributed by atoms with Crippen molar-refractivity contribution in [2.45, 2.75) is 19.8 Å². The molecule has 58 valence electrons. The summed E-state index contributed by atoms with van der Waals surface area (Å²) >= 11 is 1.90. The molecule has 0 aromatic rings. The van der Waals surface area contributed by atoms with E-state index >= 15 is 0 Å². The summed E-state index contributed by atoms with van der Waals surface area (Å²) in [7, 11) is 0. The topological polar surface area (TPSA) is 20.2 Å². The molecule has 0 fully saturated rings. The Morgan fingerprint density at radius 3 is 2.20 bits per heavy atom. The van der Waals surface area contributed by atoms with E-state index in [0.29, 0.717) is 0 Å². The summed E-state index contributed by atoms with van der Waals surface area (Å²) in [6.45, 7) is 2.29. The molecule has 0 aromatic carbocycles. The van der Waals surface area contributed by atoms with Crippen LogP contribution in [-0.2, 0) is 19.5 Å². The van der Waals surface area contributed by atoms with Crippen LogP contribution in [0, 0.1) is 4.93 Å². The number of allylic oxidation sites excluding steroid dienone is 1. The molecular formula is C7H14IOZn-. The first-order valence-corrected chi connectivity index (χ1v) is 4.47. The Kier molecular flexibility index (Phi) is 38.7. The summed E-state index contributed by atoms with van der Waals surface area (Å²) in [4.78, 5) is 3.22. The van der Waals surface area contributed by atoms with E-state index in [9.17, 15) is 0 Å². The number of unbranched alkanes of at least 4 members (excludes halogenated alkanes) is 1. The van der Waals surface area contributed by atoms with Crippen LogP contribution in [0.4, 0.5) is 0 Å². The van der Waals surface area contributed by atoms with Gasteiger partial charge in [0.05, 0.1) is 6.61 Å². The molecule has 0 rings (SSSR count). The van der Waals surface area contributed by atoms with Crippen molar-refractivity contribution in [1.82, 2.24) is 0 Å². The number of aliphatic hydroxyl groups is 1. The van der Waals surface area contributed by atoms with Gasteiger partial charge in [-0.15, -0.1) is 0 Å². The summed E-state index contributed by atoms with van der Waals surface area (Å²) in [5.41, 5.74) is 0. The van der Waals surface area contributed by atoms with Crippen LogP contribution >= 0.6 is 22.6 Å². The largest absolute Gasteiger partial charge is 0.392 e. The summed E-state index contributed by atoms with van der Waals surface area (Å²) < 4.78 is 0. The minimum atomic E-state index is 0. The van der Waals surface area contributed by atoms with Gasteiger partial charge in [-0.25, -0.2) is 0 Å². The van der Waals surface area contributed by atoms with Crippen LogP contribution in [-0.4, -0.2) is 11.7 Å². The van der Waals surface area contributed by atoms with E-state index in [0.717, 1.165) is 12.8 Å². The predicted octanol–water partition coefficient (Wildman–Crippen LogP) is 2.55. The molecule has 0 radical (unpaired) electrons. The molecule has 0 aliphatic carbocycles. The van der Waals surface area contributed by atoms with Gasteiger partial charge in [-0.3, -0.25) is 4.93 Å². The molecule has 0 amide bonds. The molecule has 0 unspecified atom stereocenters. The van der Waals surface area contributed by atoms with Crippen molar-refractivity contribution in [2.24, 2.45) is 0 Å². The second kappa shape index (κ2) is 22.5. The Labute approximate surface area is 90.2 Å². The van der Waals surface area contributed by atoms with Crippen LogP contribution in [0.1, 0.15) is 19.8 Å². The average molecular weight is 306 g/mol. The molecule has 1 N–H and O–H groups in total. The molecular weight excluding hydrogens is 292 g/mol. The quantitative estimate of drug-likeness (QED) is 0.368. The molecule has 0 saturated carbocycles. The van der Waals surface area contributed by atoms with Crippen LogP contribution in [0.5, 0.6) is 0 Å². The van der Waals surface area contributed by atoms with Crippen molar-refractivity contribution in [2.75, 3.05) is 6.61 Å². The predicted molar refractivity (Wildman–Crippen MR) is 50.5 cm³/mol. The third-order valence-electron chi connectivity index (χ3n) is 0.727. The Bertz CT molecular complexity index is 57.6. The normalized spacial score (nSPS) is 8.00. The minimum absolute atomic E-state index is 0. The standard InChI is InChI=1S/C6H12O.CH2I.Zn/c1-2-3-4-5-6-7;1-2;/h4-5,7H,2-3,6H2,1H3;1H2;/q;-1;/b5-4+;;. The van der Waals surface area contributed by atoms with Gasteiger partial charge in [-0.2, -0.15) is 0 Å². The van der Waals surface area contributed by atoms with Crippen molar-refractivity contribution >= 4 is 22.6 Å². The van der Waals surface area contributed by atoms with Crippen LogP contribution in [0.3, 0.4) is 0 Å². The van der Waals surface area contributed by atoms with Crippen molar-refractivity contribution in [3.05, 3.63) is 17.1 Å². The van der Waals surface area contributed by atoms with Gasteiger partial charge >= 0.3 is 0 Å². The van der Waals surface area contributed by atoms with E-state index in [2.05, 4.69) is 11.9 Å². The second-order valence-electron chi connectivity index (χ2n) is 1.44. The maximum absolute atomic E-state index is 8.21. The van der Waals surface area contributed by atoms with Crippen LogP contribution < -0.4 is 0 Å². The van der Waals surface area contributed by atoms with E-state index in [-0.39, 0.29) is 26.1 Å². The van der Waals surface area contributed by atoms with Crippen LogP contribution in [0.15, 0.2) is 12.2 Å². The summed E-state index contributed by atoms with van der Waals surface area (Å²) in [5.74, 6) is 0. The van der Waals surface area contributed by atoms with Gasteiger partial charge in [0.25, 0.3) is 0 Å². The fourth-order valence-corrected chi connectivity index (χ4v) is 0.359. The van der Waals surface area contributed by atoms with E-state index in [1.807, 2.05) is 28.7 Å². The molecule has 0 aliphatic heterocycles. The second-order valence-corrected chi connectivity index (χ2v) is 1.44. The van der Waals surface area contributed by atoms with Crippen molar-refractivity contribution < 1.29 is 24.6 Å². The van der Waals surface area contributed by atoms with E-state index in [1.165, 1.54) is 0 Å². The fourth-order valence-electron chi connectivity index (χ4n) is 0.359. The Morgan fingerprint density at radius 1 is 1.40 bits per heavy atom. The molecule has 0 bridgehead atoms. The smallest absolute Gasteiger partial charge is 0.0612 e. The van der Waals surface area contributed by atoms with Crippen LogP contribution in [0.25, 0.3) is 0 Å². The molecule has 1 nitrogen and oxygen atoms in total. The van der Waals surface area contributed by atoms with Gasteiger partial charge in [0.1, 0.15) is 0 Å². The van der Waals surface area contributed by atoms with Crippen molar-refractivity contribution in [3.8, 4) is 0 Å². The van der Waals surface area contributed by atoms with Gasteiger partial charge in [0.15, 0.2) is 0 Å². The zero-order chi connectivity index (χ0) is 7.54. The fraction of sp³-hybridized carbons (Fsp3) is 0.571. The monoisotopic (exact) mass is 305 g/mol.